The van der Waals surface area contributed by atoms with Gasteiger partial charge in [-0.3, -0.25) is 0 Å². The highest BCUT2D eigenvalue weighted by Gasteiger charge is 2.55. The first kappa shape index (κ1) is 53.9. The van der Waals surface area contributed by atoms with Crippen LogP contribution in [0.15, 0.2) is 233 Å². The van der Waals surface area contributed by atoms with Gasteiger partial charge >= 0.3 is 0 Å². The van der Waals surface area contributed by atoms with Gasteiger partial charge < -0.3 is 23.2 Å². The van der Waals surface area contributed by atoms with Gasteiger partial charge in [0.15, 0.2) is 0 Å². The lowest BCUT2D eigenvalue weighted by molar-refractivity contribution is 0.588. The highest BCUT2D eigenvalue weighted by atomic mass is 16.3. The van der Waals surface area contributed by atoms with Crippen LogP contribution in [0.2, 0.25) is 0 Å². The summed E-state index contributed by atoms with van der Waals surface area (Å²) in [7, 11) is 0. The molecule has 432 valence electrons. The molecular formula is C83H73N3O2. The predicted molar refractivity (Wildman–Crippen MR) is 370 cm³/mol. The second kappa shape index (κ2) is 18.7. The van der Waals surface area contributed by atoms with E-state index in [9.17, 15) is 0 Å². The number of hydrogen-bond donors (Lipinski definition) is 0. The van der Waals surface area contributed by atoms with E-state index >= 15 is 0 Å². The van der Waals surface area contributed by atoms with Gasteiger partial charge in [-0.05, 0) is 163 Å². The predicted octanol–water partition coefficient (Wildman–Crippen LogP) is 23.4. The van der Waals surface area contributed by atoms with Crippen molar-refractivity contribution in [3.05, 3.63) is 269 Å². The highest BCUT2D eigenvalue weighted by Crippen LogP contribution is 2.67. The van der Waals surface area contributed by atoms with Crippen LogP contribution in [-0.2, 0) is 27.1 Å². The zero-order valence-corrected chi connectivity index (χ0v) is 52.5. The van der Waals surface area contributed by atoms with Gasteiger partial charge in [0.25, 0.3) is 0 Å². The average Bonchev–Trinajstić information content (AvgIpc) is 1.46. The Balaban J connectivity index is 1.16. The molecule has 4 heterocycles. The molecule has 16 rings (SSSR count). The molecule has 0 fully saturated rings. The van der Waals surface area contributed by atoms with Crippen molar-refractivity contribution >= 4 is 99.8 Å². The van der Waals surface area contributed by atoms with Crippen molar-refractivity contribution in [1.29, 1.82) is 0 Å². The number of benzene rings is 11. The molecule has 0 N–H and O–H groups in total. The molecule has 88 heavy (non-hydrogen) atoms. The van der Waals surface area contributed by atoms with Crippen LogP contribution in [0.4, 0.5) is 34.1 Å². The Morgan fingerprint density at radius 2 is 0.739 bits per heavy atom. The van der Waals surface area contributed by atoms with Gasteiger partial charge in [0.2, 0.25) is 0 Å². The van der Waals surface area contributed by atoms with Gasteiger partial charge in [0, 0.05) is 55.4 Å². The lowest BCUT2D eigenvalue weighted by Gasteiger charge is -2.41. The van der Waals surface area contributed by atoms with Crippen molar-refractivity contribution in [1.82, 2.24) is 4.57 Å². The number of nitrogens with zero attached hydrogens (tertiary/aromatic N) is 3. The standard InChI is InChI=1S/C83H73N3O2/c1-79(2,3)50-35-40-56(41-36-50)84(54-25-15-13-16-26-54)68-48-63-74(77-72(68)58-29-19-23-33-70(58)87-77)75-64(49-69(73-59-30-20-24-34-71(59)88-78(73)75)85(55-27-17-14-18-28-55)57-42-37-51(38-43-57)80(4,5)6)83(63)62-31-21-22-32-67(62)86-66-44-39-52(81(7,8)9)45-60(66)61-46-53(82(10,11)12)47-65(83)76(61)86/h13-49H,1-12H3. The summed E-state index contributed by atoms with van der Waals surface area (Å²) < 4.78 is 18.0. The Labute approximate surface area is 516 Å². The molecular weight excluding hydrogens is 1070 g/mol. The van der Waals surface area contributed by atoms with E-state index in [2.05, 4.69) is 322 Å². The third kappa shape index (κ3) is 7.78. The minimum absolute atomic E-state index is 0.0409. The van der Waals surface area contributed by atoms with Gasteiger partial charge in [-0.25, -0.2) is 0 Å². The van der Waals surface area contributed by atoms with E-state index in [1.807, 2.05) is 0 Å². The molecule has 2 aliphatic rings. The van der Waals surface area contributed by atoms with E-state index in [1.165, 1.54) is 55.2 Å². The van der Waals surface area contributed by atoms with Crippen molar-refractivity contribution in [2.75, 3.05) is 9.80 Å². The maximum Gasteiger partial charge on any atom is 0.145 e. The second-order valence-electron chi connectivity index (χ2n) is 28.9. The first-order valence-corrected chi connectivity index (χ1v) is 31.3. The van der Waals surface area contributed by atoms with Gasteiger partial charge in [0.05, 0.1) is 44.3 Å². The van der Waals surface area contributed by atoms with Crippen molar-refractivity contribution in [2.45, 2.75) is 110 Å². The van der Waals surface area contributed by atoms with Gasteiger partial charge in [-0.1, -0.05) is 210 Å². The van der Waals surface area contributed by atoms with Crippen LogP contribution in [0.1, 0.15) is 128 Å². The van der Waals surface area contributed by atoms with Crippen LogP contribution < -0.4 is 9.80 Å². The fourth-order valence-corrected chi connectivity index (χ4v) is 14.9. The Hall–Kier alpha value is -9.58. The average molecular weight is 1140 g/mol. The fourth-order valence-electron chi connectivity index (χ4n) is 14.9. The smallest absolute Gasteiger partial charge is 0.145 e. The van der Waals surface area contributed by atoms with Gasteiger partial charge in [0.1, 0.15) is 22.3 Å². The lowest BCUT2D eigenvalue weighted by Crippen LogP contribution is -2.34. The minimum Gasteiger partial charge on any atom is -0.455 e. The Bertz CT molecular complexity index is 4940. The molecule has 11 aromatic carbocycles. The van der Waals surface area contributed by atoms with E-state index in [0.717, 1.165) is 106 Å². The summed E-state index contributed by atoms with van der Waals surface area (Å²) in [6, 6.07) is 84.4. The summed E-state index contributed by atoms with van der Waals surface area (Å²) >= 11 is 0. The van der Waals surface area contributed by atoms with Crippen LogP contribution in [-0.4, -0.2) is 4.57 Å². The van der Waals surface area contributed by atoms with E-state index < -0.39 is 5.41 Å². The zero-order valence-electron chi connectivity index (χ0n) is 52.5. The Kier molecular flexibility index (Phi) is 11.5. The van der Waals surface area contributed by atoms with Crippen molar-refractivity contribution < 1.29 is 8.83 Å². The molecule has 0 saturated carbocycles. The van der Waals surface area contributed by atoms with Crippen molar-refractivity contribution in [2.24, 2.45) is 0 Å². The quantitative estimate of drug-likeness (QED) is 0.166. The molecule has 0 bridgehead atoms. The number of rotatable bonds is 6. The van der Waals surface area contributed by atoms with Crippen molar-refractivity contribution in [3.63, 3.8) is 0 Å². The van der Waals surface area contributed by atoms with Crippen LogP contribution >= 0.6 is 0 Å². The zero-order chi connectivity index (χ0) is 60.6. The molecule has 1 spiro atoms. The lowest BCUT2D eigenvalue weighted by atomic mass is 9.64. The normalized spacial score (nSPS) is 13.8. The van der Waals surface area contributed by atoms with Gasteiger partial charge in [-0.15, -0.1) is 0 Å². The molecule has 1 aliphatic carbocycles. The number of aromatic nitrogens is 1. The summed E-state index contributed by atoms with van der Waals surface area (Å²) in [4.78, 5) is 4.96. The van der Waals surface area contributed by atoms with Crippen LogP contribution in [0.3, 0.4) is 0 Å². The number of fused-ring (bicyclic) bond motifs is 20. The summed E-state index contributed by atoms with van der Waals surface area (Å²) in [6.45, 7) is 27.8. The topological polar surface area (TPSA) is 37.7 Å². The van der Waals surface area contributed by atoms with E-state index in [-0.39, 0.29) is 21.7 Å². The third-order valence-electron chi connectivity index (χ3n) is 19.4. The van der Waals surface area contributed by atoms with Crippen LogP contribution in [0.25, 0.3) is 82.5 Å². The Morgan fingerprint density at radius 1 is 0.330 bits per heavy atom. The molecule has 3 aromatic heterocycles. The molecule has 5 nitrogen and oxygen atoms in total. The number of para-hydroxylation sites is 5. The molecule has 1 aliphatic heterocycles. The fraction of sp³-hybridized carbons (Fsp3) is 0.205. The van der Waals surface area contributed by atoms with E-state index in [4.69, 9.17) is 8.83 Å². The third-order valence-corrected chi connectivity index (χ3v) is 19.4. The molecule has 5 heteroatoms. The van der Waals surface area contributed by atoms with E-state index in [1.54, 1.807) is 0 Å². The molecule has 0 unspecified atom stereocenters. The summed E-state index contributed by atoms with van der Waals surface area (Å²) in [5, 5.41) is 6.68. The van der Waals surface area contributed by atoms with E-state index in [0.29, 0.717) is 0 Å². The maximum absolute atomic E-state index is 7.71. The monoisotopic (exact) mass is 1140 g/mol. The van der Waals surface area contributed by atoms with Crippen molar-refractivity contribution in [3.8, 4) is 16.8 Å². The first-order chi connectivity index (χ1) is 42.2. The summed E-state index contributed by atoms with van der Waals surface area (Å²) in [6.07, 6.45) is 0. The SMILES string of the molecule is CC(C)(C)c1ccc(N(c2ccccc2)c2cc3c(c4oc5ccccc5c24)-c2c(cc(N(c4ccccc4)c4ccc(C(C)(C)C)cc4)c4c2oc2ccccc24)C32c3ccccc3-n3c4ccc(C(C)(C)C)cc4c4cc(C(C)(C)C)cc2c43)cc1. The molecule has 0 amide bonds. The van der Waals surface area contributed by atoms with Crippen LogP contribution in [0, 0.1) is 0 Å². The molecule has 0 saturated heterocycles. The molecule has 14 aromatic rings. The number of furan rings is 2. The summed E-state index contributed by atoms with van der Waals surface area (Å²) in [5.41, 5.74) is 23.7. The maximum atomic E-state index is 7.71. The van der Waals surface area contributed by atoms with Gasteiger partial charge in [-0.2, -0.15) is 0 Å². The highest BCUT2D eigenvalue weighted by molar-refractivity contribution is 6.26. The summed E-state index contributed by atoms with van der Waals surface area (Å²) in [5.74, 6) is 0. The molecule has 0 radical (unpaired) electrons. The van der Waals surface area contributed by atoms with Crippen LogP contribution in [0.5, 0.6) is 0 Å². The first-order valence-electron chi connectivity index (χ1n) is 31.3. The number of anilines is 6. The minimum atomic E-state index is -0.987. The largest absolute Gasteiger partial charge is 0.455 e. The second-order valence-corrected chi connectivity index (χ2v) is 28.9. The number of hydrogen-bond acceptors (Lipinski definition) is 4. The Morgan fingerprint density at radius 3 is 1.22 bits per heavy atom. The molecule has 0 atom stereocenters.